The SMILES string of the molecule is C[C@@H](C(=O)NC1(C#N)CCCCC1)[NH+]1CCNC(=O)C1. The van der Waals surface area contributed by atoms with E-state index in [1.807, 2.05) is 6.92 Å². The summed E-state index contributed by atoms with van der Waals surface area (Å²) < 4.78 is 0. The number of nitriles is 1. The molecule has 1 unspecified atom stereocenters. The molecule has 1 saturated carbocycles. The van der Waals surface area contributed by atoms with Crippen LogP contribution in [0, 0.1) is 11.3 Å². The highest BCUT2D eigenvalue weighted by Crippen LogP contribution is 2.27. The smallest absolute Gasteiger partial charge is 0.279 e. The Morgan fingerprint density at radius 2 is 2.15 bits per heavy atom. The fourth-order valence-corrected chi connectivity index (χ4v) is 3.04. The van der Waals surface area contributed by atoms with E-state index < -0.39 is 5.54 Å². The zero-order valence-corrected chi connectivity index (χ0v) is 12.0. The van der Waals surface area contributed by atoms with Gasteiger partial charge in [0.25, 0.3) is 11.8 Å². The third kappa shape index (κ3) is 3.28. The standard InChI is InChI=1S/C14H22N4O2/c1-11(18-8-7-16-12(19)9-18)13(20)17-14(10-15)5-3-2-4-6-14/h11H,2-9H2,1H3,(H,16,19)(H,17,20)/p+1/t11-/m0/s1. The minimum absolute atomic E-state index is 0.0152. The second-order valence-corrected chi connectivity index (χ2v) is 5.90. The van der Waals surface area contributed by atoms with E-state index in [0.717, 1.165) is 43.5 Å². The first-order valence-corrected chi connectivity index (χ1v) is 7.41. The Morgan fingerprint density at radius 1 is 1.45 bits per heavy atom. The highest BCUT2D eigenvalue weighted by Gasteiger charge is 2.37. The number of quaternary nitrogens is 1. The Balaban J connectivity index is 1.96. The first-order valence-electron chi connectivity index (χ1n) is 7.41. The summed E-state index contributed by atoms with van der Waals surface area (Å²) in [5, 5.41) is 15.1. The van der Waals surface area contributed by atoms with Crippen molar-refractivity contribution in [2.24, 2.45) is 0 Å². The van der Waals surface area contributed by atoms with E-state index in [9.17, 15) is 14.9 Å². The van der Waals surface area contributed by atoms with Crippen LogP contribution in [0.25, 0.3) is 0 Å². The van der Waals surface area contributed by atoms with E-state index >= 15 is 0 Å². The second-order valence-electron chi connectivity index (χ2n) is 5.90. The number of rotatable bonds is 3. The van der Waals surface area contributed by atoms with E-state index in [-0.39, 0.29) is 17.9 Å². The summed E-state index contributed by atoms with van der Waals surface area (Å²) in [6, 6.07) is 2.00. The summed E-state index contributed by atoms with van der Waals surface area (Å²) >= 11 is 0. The molecule has 1 aliphatic carbocycles. The van der Waals surface area contributed by atoms with Crippen LogP contribution >= 0.6 is 0 Å². The zero-order chi connectivity index (χ0) is 14.6. The van der Waals surface area contributed by atoms with Gasteiger partial charge in [-0.3, -0.25) is 9.59 Å². The number of amides is 2. The van der Waals surface area contributed by atoms with Gasteiger partial charge in [0, 0.05) is 0 Å². The summed E-state index contributed by atoms with van der Waals surface area (Å²) in [6.07, 6.45) is 4.57. The van der Waals surface area contributed by atoms with E-state index in [1.54, 1.807) is 0 Å². The maximum absolute atomic E-state index is 12.4. The van der Waals surface area contributed by atoms with Crippen LogP contribution in [0.4, 0.5) is 0 Å². The molecule has 0 aromatic carbocycles. The Bertz CT molecular complexity index is 423. The van der Waals surface area contributed by atoms with Crippen molar-refractivity contribution in [3.8, 4) is 6.07 Å². The lowest BCUT2D eigenvalue weighted by atomic mass is 9.82. The molecule has 2 fully saturated rings. The Kier molecular flexibility index (Phi) is 4.61. The molecule has 3 N–H and O–H groups in total. The molecule has 0 aromatic heterocycles. The van der Waals surface area contributed by atoms with Gasteiger partial charge >= 0.3 is 0 Å². The minimum Gasteiger partial charge on any atom is -0.346 e. The van der Waals surface area contributed by atoms with Crippen molar-refractivity contribution in [3.05, 3.63) is 0 Å². The normalized spacial score (nSPS) is 27.0. The average molecular weight is 279 g/mol. The van der Waals surface area contributed by atoms with Crippen molar-refractivity contribution in [1.29, 1.82) is 5.26 Å². The maximum Gasteiger partial charge on any atom is 0.279 e. The van der Waals surface area contributed by atoms with Crippen molar-refractivity contribution in [3.63, 3.8) is 0 Å². The Morgan fingerprint density at radius 3 is 2.75 bits per heavy atom. The van der Waals surface area contributed by atoms with Gasteiger partial charge in [0.2, 0.25) is 0 Å². The predicted molar refractivity (Wildman–Crippen MR) is 72.7 cm³/mol. The lowest BCUT2D eigenvalue weighted by molar-refractivity contribution is -0.907. The Hall–Kier alpha value is -1.61. The molecule has 6 heteroatoms. The van der Waals surface area contributed by atoms with Crippen molar-refractivity contribution < 1.29 is 14.5 Å². The van der Waals surface area contributed by atoms with E-state index in [0.29, 0.717) is 13.1 Å². The topological polar surface area (TPSA) is 86.4 Å². The first kappa shape index (κ1) is 14.8. The van der Waals surface area contributed by atoms with Crippen molar-refractivity contribution in [2.45, 2.75) is 50.6 Å². The maximum atomic E-state index is 12.4. The van der Waals surface area contributed by atoms with Crippen molar-refractivity contribution in [2.75, 3.05) is 19.6 Å². The molecule has 20 heavy (non-hydrogen) atoms. The quantitative estimate of drug-likeness (QED) is 0.602. The molecular weight excluding hydrogens is 256 g/mol. The second kappa shape index (κ2) is 6.23. The van der Waals surface area contributed by atoms with Crippen LogP contribution in [-0.2, 0) is 9.59 Å². The summed E-state index contributed by atoms with van der Waals surface area (Å²) in [7, 11) is 0. The molecule has 2 amide bonds. The summed E-state index contributed by atoms with van der Waals surface area (Å²) in [4.78, 5) is 24.7. The van der Waals surface area contributed by atoms with Crippen molar-refractivity contribution in [1.82, 2.24) is 10.6 Å². The molecule has 2 rings (SSSR count). The van der Waals surface area contributed by atoms with Gasteiger partial charge in [0.1, 0.15) is 5.54 Å². The van der Waals surface area contributed by atoms with Gasteiger partial charge in [-0.25, -0.2) is 0 Å². The molecule has 2 aliphatic rings. The lowest BCUT2D eigenvalue weighted by Gasteiger charge is -2.34. The predicted octanol–water partition coefficient (Wildman–Crippen LogP) is -1.27. The number of carbonyl (C=O) groups excluding carboxylic acids is 2. The van der Waals surface area contributed by atoms with Gasteiger partial charge in [-0.05, 0) is 19.8 Å². The number of hydrogen-bond acceptors (Lipinski definition) is 3. The number of carbonyl (C=O) groups is 2. The summed E-state index contributed by atoms with van der Waals surface area (Å²) in [5.74, 6) is -0.128. The molecule has 0 bridgehead atoms. The molecule has 1 saturated heterocycles. The van der Waals surface area contributed by atoms with Crippen LogP contribution < -0.4 is 15.5 Å². The number of piperazine rings is 1. The van der Waals surface area contributed by atoms with Gasteiger partial charge in [-0.1, -0.05) is 19.3 Å². The lowest BCUT2D eigenvalue weighted by Crippen LogP contribution is -3.19. The van der Waals surface area contributed by atoms with Crippen LogP contribution in [0.1, 0.15) is 39.0 Å². The monoisotopic (exact) mass is 279 g/mol. The van der Waals surface area contributed by atoms with Gasteiger partial charge in [-0.15, -0.1) is 0 Å². The van der Waals surface area contributed by atoms with E-state index in [2.05, 4.69) is 16.7 Å². The van der Waals surface area contributed by atoms with E-state index in [4.69, 9.17) is 0 Å². The minimum atomic E-state index is -0.693. The van der Waals surface area contributed by atoms with Gasteiger partial charge < -0.3 is 15.5 Å². The van der Waals surface area contributed by atoms with E-state index in [1.165, 1.54) is 0 Å². The highest BCUT2D eigenvalue weighted by molar-refractivity contribution is 5.82. The third-order valence-electron chi connectivity index (χ3n) is 4.45. The molecule has 110 valence electrons. The number of nitrogens with zero attached hydrogens (tertiary/aromatic N) is 1. The number of nitrogens with one attached hydrogen (secondary N) is 3. The molecule has 0 spiro atoms. The highest BCUT2D eigenvalue weighted by atomic mass is 16.2. The molecule has 1 heterocycles. The molecule has 1 aliphatic heterocycles. The van der Waals surface area contributed by atoms with Crippen LogP contribution in [0.15, 0.2) is 0 Å². The summed E-state index contributed by atoms with van der Waals surface area (Å²) in [5.41, 5.74) is -0.693. The number of hydrogen-bond donors (Lipinski definition) is 3. The molecule has 2 atom stereocenters. The fraction of sp³-hybridized carbons (Fsp3) is 0.786. The molecule has 6 nitrogen and oxygen atoms in total. The van der Waals surface area contributed by atoms with Gasteiger partial charge in [0.05, 0.1) is 19.2 Å². The van der Waals surface area contributed by atoms with Gasteiger partial charge in [0.15, 0.2) is 12.6 Å². The Labute approximate surface area is 119 Å². The van der Waals surface area contributed by atoms with Crippen LogP contribution in [0.5, 0.6) is 0 Å². The first-order chi connectivity index (χ1) is 9.56. The molecule has 0 aromatic rings. The van der Waals surface area contributed by atoms with Crippen molar-refractivity contribution >= 4 is 11.8 Å². The largest absolute Gasteiger partial charge is 0.346 e. The molecular formula is C14H23N4O2+. The fourth-order valence-electron chi connectivity index (χ4n) is 3.04. The van der Waals surface area contributed by atoms with Crippen LogP contribution in [0.2, 0.25) is 0 Å². The van der Waals surface area contributed by atoms with Gasteiger partial charge in [-0.2, -0.15) is 5.26 Å². The molecule has 0 radical (unpaired) electrons. The third-order valence-corrected chi connectivity index (χ3v) is 4.45. The average Bonchev–Trinajstić information content (AvgIpc) is 2.47. The van der Waals surface area contributed by atoms with Crippen LogP contribution in [0.3, 0.4) is 0 Å². The summed E-state index contributed by atoms with van der Waals surface area (Å²) in [6.45, 7) is 3.51. The van der Waals surface area contributed by atoms with Crippen LogP contribution in [-0.4, -0.2) is 43.0 Å². The zero-order valence-electron chi connectivity index (χ0n) is 12.0.